The first kappa shape index (κ1) is 23.3. The van der Waals surface area contributed by atoms with E-state index in [1.54, 1.807) is 36.4 Å². The lowest BCUT2D eigenvalue weighted by atomic mass is 10.2. The third-order valence-corrected chi connectivity index (χ3v) is 6.42. The first-order valence-corrected chi connectivity index (χ1v) is 11.8. The van der Waals surface area contributed by atoms with Crippen LogP contribution >= 0.6 is 0 Å². The van der Waals surface area contributed by atoms with E-state index in [4.69, 9.17) is 9.15 Å². The summed E-state index contributed by atoms with van der Waals surface area (Å²) < 4.78 is 36.0. The first-order chi connectivity index (χ1) is 15.4. The van der Waals surface area contributed by atoms with E-state index in [1.807, 2.05) is 6.07 Å². The highest BCUT2D eigenvalue weighted by atomic mass is 32.2. The first-order valence-electron chi connectivity index (χ1n) is 9.99. The van der Waals surface area contributed by atoms with Gasteiger partial charge in [-0.3, -0.25) is 4.79 Å². The Kier molecular flexibility index (Phi) is 7.86. The molecular formula is C21H24N4O6S. The fourth-order valence-corrected chi connectivity index (χ4v) is 4.76. The van der Waals surface area contributed by atoms with E-state index in [-0.39, 0.29) is 11.5 Å². The Morgan fingerprint density at radius 1 is 1.09 bits per heavy atom. The summed E-state index contributed by atoms with van der Waals surface area (Å²) in [6, 6.07) is 10.4. The lowest BCUT2D eigenvalue weighted by Gasteiger charge is -2.29. The summed E-state index contributed by atoms with van der Waals surface area (Å²) in [5, 5.41) is 14.3. The molecule has 0 radical (unpaired) electrons. The summed E-state index contributed by atoms with van der Waals surface area (Å²) in [6.07, 6.45) is 1.35. The van der Waals surface area contributed by atoms with Gasteiger partial charge in [-0.25, -0.2) is 13.2 Å². The second-order valence-electron chi connectivity index (χ2n) is 7.23. The number of morpholine rings is 1. The molecular weight excluding hydrogens is 436 g/mol. The van der Waals surface area contributed by atoms with Crippen LogP contribution in [-0.2, 0) is 25.1 Å². The Labute approximate surface area is 186 Å². The van der Waals surface area contributed by atoms with Crippen LogP contribution in [0.15, 0.2) is 53.1 Å². The number of carbonyl (C=O) groups is 2. The predicted octanol–water partition coefficient (Wildman–Crippen LogP) is 0.986. The van der Waals surface area contributed by atoms with Gasteiger partial charge in [0, 0.05) is 13.1 Å². The largest absolute Gasteiger partial charge is 0.466 e. The Morgan fingerprint density at radius 3 is 2.44 bits per heavy atom. The van der Waals surface area contributed by atoms with Crippen molar-refractivity contribution >= 4 is 21.8 Å². The maximum absolute atomic E-state index is 12.9. The van der Waals surface area contributed by atoms with Crippen molar-refractivity contribution in [3.05, 3.63) is 60.1 Å². The minimum atomic E-state index is -3.78. The van der Waals surface area contributed by atoms with E-state index < -0.39 is 39.6 Å². The second-order valence-corrected chi connectivity index (χ2v) is 9.34. The van der Waals surface area contributed by atoms with Crippen LogP contribution in [0.3, 0.4) is 0 Å². The van der Waals surface area contributed by atoms with Crippen LogP contribution in [0.4, 0.5) is 4.79 Å². The molecule has 1 aliphatic heterocycles. The number of rotatable bonds is 8. The highest BCUT2D eigenvalue weighted by molar-refractivity contribution is 7.90. The van der Waals surface area contributed by atoms with Crippen molar-refractivity contribution in [2.45, 2.75) is 17.8 Å². The summed E-state index contributed by atoms with van der Waals surface area (Å²) in [5.41, 5.74) is 0.566. The molecule has 10 nitrogen and oxygen atoms in total. The van der Waals surface area contributed by atoms with E-state index in [2.05, 4.69) is 10.6 Å². The number of amides is 3. The van der Waals surface area contributed by atoms with Gasteiger partial charge in [-0.05, 0) is 17.7 Å². The lowest BCUT2D eigenvalue weighted by Crippen LogP contribution is -2.56. The third kappa shape index (κ3) is 6.57. The number of benzene rings is 1. The highest BCUT2D eigenvalue weighted by Crippen LogP contribution is 2.14. The zero-order chi connectivity index (χ0) is 23.0. The number of hydrogen-bond acceptors (Lipinski definition) is 7. The van der Waals surface area contributed by atoms with E-state index >= 15 is 0 Å². The number of sulfone groups is 1. The molecule has 170 valence electrons. The van der Waals surface area contributed by atoms with E-state index in [9.17, 15) is 23.3 Å². The van der Waals surface area contributed by atoms with Crippen LogP contribution in [0.25, 0.3) is 0 Å². The normalized spacial score (nSPS) is 15.9. The number of carbonyl (C=O) groups excluding carboxylic acids is 2. The Balaban J connectivity index is 1.75. The van der Waals surface area contributed by atoms with Crippen LogP contribution in [0, 0.1) is 11.3 Å². The van der Waals surface area contributed by atoms with Crippen molar-refractivity contribution in [2.24, 2.45) is 0 Å². The van der Waals surface area contributed by atoms with Gasteiger partial charge in [0.1, 0.15) is 11.8 Å². The number of nitriles is 1. The second kappa shape index (κ2) is 10.8. The third-order valence-electron chi connectivity index (χ3n) is 4.81. The summed E-state index contributed by atoms with van der Waals surface area (Å²) in [4.78, 5) is 27.0. The number of ether oxygens (including phenoxy) is 1. The van der Waals surface area contributed by atoms with Crippen molar-refractivity contribution in [1.82, 2.24) is 15.5 Å². The summed E-state index contributed by atoms with van der Waals surface area (Å²) in [5.74, 6) is -1.51. The minimum Gasteiger partial charge on any atom is -0.466 e. The van der Waals surface area contributed by atoms with Gasteiger partial charge in [0.15, 0.2) is 15.9 Å². The maximum atomic E-state index is 12.9. The molecule has 3 rings (SSSR count). The van der Waals surface area contributed by atoms with Crippen LogP contribution in [0.1, 0.15) is 17.4 Å². The molecule has 0 saturated carbocycles. The minimum absolute atomic E-state index is 0.200. The van der Waals surface area contributed by atoms with E-state index in [1.165, 1.54) is 17.2 Å². The smallest absolute Gasteiger partial charge is 0.318 e. The van der Waals surface area contributed by atoms with Gasteiger partial charge >= 0.3 is 6.03 Å². The molecule has 1 aliphatic rings. The van der Waals surface area contributed by atoms with Gasteiger partial charge in [0.2, 0.25) is 5.91 Å². The van der Waals surface area contributed by atoms with Crippen molar-refractivity contribution in [1.29, 1.82) is 5.26 Å². The van der Waals surface area contributed by atoms with E-state index in [0.29, 0.717) is 31.9 Å². The molecule has 0 aliphatic carbocycles. The number of nitrogens with one attached hydrogen (secondary N) is 2. The molecule has 11 heteroatoms. The molecule has 2 atom stereocenters. The van der Waals surface area contributed by atoms with Crippen molar-refractivity contribution in [3.8, 4) is 6.07 Å². The molecule has 2 aromatic rings. The molecule has 1 unspecified atom stereocenters. The summed E-state index contributed by atoms with van der Waals surface area (Å²) in [6.45, 7) is 1.35. The molecule has 3 amide bonds. The highest BCUT2D eigenvalue weighted by Gasteiger charge is 2.31. The van der Waals surface area contributed by atoms with Gasteiger partial charge in [-0.2, -0.15) is 5.26 Å². The van der Waals surface area contributed by atoms with Crippen LogP contribution < -0.4 is 10.6 Å². The number of urea groups is 1. The Hall–Kier alpha value is -3.36. The van der Waals surface area contributed by atoms with Crippen LogP contribution in [0.5, 0.6) is 0 Å². The number of furan rings is 1. The van der Waals surface area contributed by atoms with Crippen molar-refractivity contribution < 1.29 is 27.2 Å². The zero-order valence-electron chi connectivity index (χ0n) is 17.3. The lowest BCUT2D eigenvalue weighted by molar-refractivity contribution is -0.123. The van der Waals surface area contributed by atoms with Gasteiger partial charge in [-0.15, -0.1) is 0 Å². The molecule has 1 fully saturated rings. The predicted molar refractivity (Wildman–Crippen MR) is 114 cm³/mol. The van der Waals surface area contributed by atoms with Gasteiger partial charge in [0.05, 0.1) is 37.1 Å². The Morgan fingerprint density at radius 2 is 1.81 bits per heavy atom. The van der Waals surface area contributed by atoms with Crippen LogP contribution in [-0.4, -0.2) is 63.4 Å². The molecule has 1 saturated heterocycles. The molecule has 0 bridgehead atoms. The van der Waals surface area contributed by atoms with Gasteiger partial charge < -0.3 is 24.7 Å². The average molecular weight is 461 g/mol. The SMILES string of the molecule is N#C[C@@H](NC(=O)C(CS(=O)(=O)Cc1ccccc1)NC(=O)N1CCOCC1)c1ccco1. The number of nitrogens with zero attached hydrogens (tertiary/aromatic N) is 2. The Bertz CT molecular complexity index is 1040. The molecule has 2 heterocycles. The van der Waals surface area contributed by atoms with Gasteiger partial charge in [-0.1, -0.05) is 30.3 Å². The quantitative estimate of drug-likeness (QED) is 0.598. The van der Waals surface area contributed by atoms with Crippen molar-refractivity contribution in [3.63, 3.8) is 0 Å². The summed E-state index contributed by atoms with van der Waals surface area (Å²) >= 11 is 0. The topological polar surface area (TPSA) is 142 Å². The fourth-order valence-electron chi connectivity index (χ4n) is 3.20. The molecule has 2 N–H and O–H groups in total. The maximum Gasteiger partial charge on any atom is 0.318 e. The molecule has 1 aromatic heterocycles. The molecule has 32 heavy (non-hydrogen) atoms. The zero-order valence-corrected chi connectivity index (χ0v) is 18.1. The molecule has 0 spiro atoms. The summed E-state index contributed by atoms with van der Waals surface area (Å²) in [7, 11) is -3.78. The fraction of sp³-hybridized carbons (Fsp3) is 0.381. The van der Waals surface area contributed by atoms with Gasteiger partial charge in [0.25, 0.3) is 0 Å². The van der Waals surface area contributed by atoms with Crippen molar-refractivity contribution in [2.75, 3.05) is 32.1 Å². The monoisotopic (exact) mass is 460 g/mol. The average Bonchev–Trinajstić information content (AvgIpc) is 3.32. The molecule has 1 aromatic carbocycles. The van der Waals surface area contributed by atoms with E-state index in [0.717, 1.165) is 0 Å². The van der Waals surface area contributed by atoms with Crippen LogP contribution in [0.2, 0.25) is 0 Å². The number of hydrogen-bond donors (Lipinski definition) is 2. The standard InChI is InChI=1S/C21H24N4O6S/c22-13-17(19-7-4-10-31-19)23-20(26)18(24-21(27)25-8-11-30-12-9-25)15-32(28,29)14-16-5-2-1-3-6-16/h1-7,10,17-18H,8-9,11-12,14-15H2,(H,23,26)(H,24,27)/t17-,18?/m1/s1.